The van der Waals surface area contributed by atoms with Gasteiger partial charge in [0.25, 0.3) is 0 Å². The molecule has 0 aliphatic heterocycles. The molecule has 1 aromatic carbocycles. The monoisotopic (exact) mass is 217 g/mol. The van der Waals surface area contributed by atoms with Crippen LogP contribution < -0.4 is 5.73 Å². The lowest BCUT2D eigenvalue weighted by molar-refractivity contribution is -0.148. The summed E-state index contributed by atoms with van der Waals surface area (Å²) in [7, 11) is 0. The Morgan fingerprint density at radius 2 is 2.00 bits per heavy atom. The van der Waals surface area contributed by atoms with Crippen molar-refractivity contribution in [3.63, 3.8) is 0 Å². The molecule has 0 saturated heterocycles. The highest BCUT2D eigenvalue weighted by molar-refractivity contribution is 5.22. The van der Waals surface area contributed by atoms with E-state index in [2.05, 4.69) is 0 Å². The number of alkyl halides is 3. The van der Waals surface area contributed by atoms with Crippen molar-refractivity contribution in [2.75, 3.05) is 0 Å². The van der Waals surface area contributed by atoms with Crippen molar-refractivity contribution >= 4 is 0 Å². The van der Waals surface area contributed by atoms with Crippen LogP contribution in [0.4, 0.5) is 13.2 Å². The zero-order valence-electron chi connectivity index (χ0n) is 8.51. The SMILES string of the molecule is Cc1cccc(CCC(N)C(F)(F)F)c1. The van der Waals surface area contributed by atoms with Crippen LogP contribution >= 0.6 is 0 Å². The molecule has 1 rings (SSSR count). The lowest BCUT2D eigenvalue weighted by Crippen LogP contribution is -2.37. The third-order valence-electron chi connectivity index (χ3n) is 2.25. The molecule has 0 saturated carbocycles. The maximum Gasteiger partial charge on any atom is 0.403 e. The summed E-state index contributed by atoms with van der Waals surface area (Å²) in [6, 6.07) is 5.72. The molecule has 2 N–H and O–H groups in total. The molecule has 0 heterocycles. The Hall–Kier alpha value is -1.03. The maximum atomic E-state index is 12.1. The highest BCUT2D eigenvalue weighted by Crippen LogP contribution is 2.21. The normalized spacial score (nSPS) is 13.9. The number of hydrogen-bond donors (Lipinski definition) is 1. The zero-order chi connectivity index (χ0) is 11.5. The van der Waals surface area contributed by atoms with E-state index in [1.54, 1.807) is 0 Å². The van der Waals surface area contributed by atoms with Crippen LogP contribution in [0.3, 0.4) is 0 Å². The second-order valence-corrected chi connectivity index (χ2v) is 3.68. The van der Waals surface area contributed by atoms with Crippen LogP contribution in [0.2, 0.25) is 0 Å². The zero-order valence-corrected chi connectivity index (χ0v) is 8.51. The smallest absolute Gasteiger partial charge is 0.320 e. The first kappa shape index (κ1) is 12.0. The quantitative estimate of drug-likeness (QED) is 0.827. The molecule has 0 bridgehead atoms. The summed E-state index contributed by atoms with van der Waals surface area (Å²) in [6.45, 7) is 1.91. The molecule has 0 spiro atoms. The van der Waals surface area contributed by atoms with Gasteiger partial charge in [-0.15, -0.1) is 0 Å². The Morgan fingerprint density at radius 1 is 1.33 bits per heavy atom. The molecular weight excluding hydrogens is 203 g/mol. The third kappa shape index (κ3) is 3.91. The first-order valence-electron chi connectivity index (χ1n) is 4.77. The summed E-state index contributed by atoms with van der Waals surface area (Å²) >= 11 is 0. The Morgan fingerprint density at radius 3 is 2.53 bits per heavy atom. The fourth-order valence-corrected chi connectivity index (χ4v) is 1.35. The number of benzene rings is 1. The molecule has 1 atom stereocenters. The number of hydrogen-bond acceptors (Lipinski definition) is 1. The summed E-state index contributed by atoms with van der Waals surface area (Å²) < 4.78 is 36.3. The van der Waals surface area contributed by atoms with Gasteiger partial charge in [-0.3, -0.25) is 0 Å². The highest BCUT2D eigenvalue weighted by atomic mass is 19.4. The summed E-state index contributed by atoms with van der Waals surface area (Å²) in [5.74, 6) is 0. The average Bonchev–Trinajstić information content (AvgIpc) is 2.12. The van der Waals surface area contributed by atoms with Gasteiger partial charge in [0.15, 0.2) is 0 Å². The van der Waals surface area contributed by atoms with Gasteiger partial charge in [-0.05, 0) is 25.3 Å². The Kier molecular flexibility index (Phi) is 3.74. The first-order chi connectivity index (χ1) is 6.89. The van der Waals surface area contributed by atoms with Gasteiger partial charge in [0, 0.05) is 0 Å². The lowest BCUT2D eigenvalue weighted by Gasteiger charge is -2.15. The van der Waals surface area contributed by atoms with E-state index in [0.717, 1.165) is 11.1 Å². The fraction of sp³-hybridized carbons (Fsp3) is 0.455. The highest BCUT2D eigenvalue weighted by Gasteiger charge is 2.35. The molecule has 84 valence electrons. The molecule has 1 aromatic rings. The number of rotatable bonds is 3. The van der Waals surface area contributed by atoms with Crippen molar-refractivity contribution in [2.45, 2.75) is 32.0 Å². The summed E-state index contributed by atoms with van der Waals surface area (Å²) in [5.41, 5.74) is 6.96. The first-order valence-corrected chi connectivity index (χ1v) is 4.77. The van der Waals surface area contributed by atoms with Gasteiger partial charge in [-0.1, -0.05) is 29.8 Å². The van der Waals surface area contributed by atoms with Gasteiger partial charge in [0.05, 0.1) is 0 Å². The molecule has 1 nitrogen and oxygen atoms in total. The van der Waals surface area contributed by atoms with E-state index in [9.17, 15) is 13.2 Å². The molecule has 0 radical (unpaired) electrons. The minimum atomic E-state index is -4.29. The van der Waals surface area contributed by atoms with Crippen molar-refractivity contribution < 1.29 is 13.2 Å². The third-order valence-corrected chi connectivity index (χ3v) is 2.25. The molecule has 0 aliphatic carbocycles. The molecule has 1 unspecified atom stereocenters. The largest absolute Gasteiger partial charge is 0.403 e. The average molecular weight is 217 g/mol. The second-order valence-electron chi connectivity index (χ2n) is 3.68. The van der Waals surface area contributed by atoms with E-state index in [0.29, 0.717) is 6.42 Å². The Balaban J connectivity index is 2.51. The van der Waals surface area contributed by atoms with Crippen molar-refractivity contribution in [3.8, 4) is 0 Å². The van der Waals surface area contributed by atoms with E-state index < -0.39 is 12.2 Å². The van der Waals surface area contributed by atoms with Crippen molar-refractivity contribution in [3.05, 3.63) is 35.4 Å². The van der Waals surface area contributed by atoms with Crippen LogP contribution in [0.25, 0.3) is 0 Å². The van der Waals surface area contributed by atoms with E-state index in [4.69, 9.17) is 5.73 Å². The molecule has 0 amide bonds. The predicted octanol–water partition coefficient (Wildman–Crippen LogP) is 2.82. The molecule has 0 aromatic heterocycles. The molecule has 0 fully saturated rings. The van der Waals surface area contributed by atoms with E-state index >= 15 is 0 Å². The van der Waals surface area contributed by atoms with Crippen LogP contribution in [0, 0.1) is 6.92 Å². The van der Waals surface area contributed by atoms with Crippen molar-refractivity contribution in [1.29, 1.82) is 0 Å². The summed E-state index contributed by atoms with van der Waals surface area (Å²) in [6.07, 6.45) is -3.99. The van der Waals surface area contributed by atoms with E-state index in [1.165, 1.54) is 0 Å². The fourth-order valence-electron chi connectivity index (χ4n) is 1.35. The van der Waals surface area contributed by atoms with Crippen LogP contribution in [-0.4, -0.2) is 12.2 Å². The number of halogens is 3. The van der Waals surface area contributed by atoms with Crippen LogP contribution in [-0.2, 0) is 6.42 Å². The summed E-state index contributed by atoms with van der Waals surface area (Å²) in [4.78, 5) is 0. The van der Waals surface area contributed by atoms with E-state index in [-0.39, 0.29) is 6.42 Å². The predicted molar refractivity (Wildman–Crippen MR) is 53.5 cm³/mol. The van der Waals surface area contributed by atoms with Gasteiger partial charge in [-0.2, -0.15) is 13.2 Å². The molecule has 4 heteroatoms. The van der Waals surface area contributed by atoms with Crippen LogP contribution in [0.15, 0.2) is 24.3 Å². The minimum Gasteiger partial charge on any atom is -0.320 e. The number of nitrogens with two attached hydrogens (primary N) is 1. The van der Waals surface area contributed by atoms with Gasteiger partial charge in [0.1, 0.15) is 6.04 Å². The van der Waals surface area contributed by atoms with Crippen LogP contribution in [0.5, 0.6) is 0 Å². The second kappa shape index (κ2) is 4.66. The van der Waals surface area contributed by atoms with Gasteiger partial charge < -0.3 is 5.73 Å². The maximum absolute atomic E-state index is 12.1. The lowest BCUT2D eigenvalue weighted by atomic mass is 10.0. The van der Waals surface area contributed by atoms with Crippen molar-refractivity contribution in [2.24, 2.45) is 5.73 Å². The van der Waals surface area contributed by atoms with Gasteiger partial charge >= 0.3 is 6.18 Å². The Bertz CT molecular complexity index is 320. The topological polar surface area (TPSA) is 26.0 Å². The van der Waals surface area contributed by atoms with Gasteiger partial charge in [0.2, 0.25) is 0 Å². The summed E-state index contributed by atoms with van der Waals surface area (Å²) in [5, 5.41) is 0. The molecular formula is C11H14F3N. The van der Waals surface area contributed by atoms with Crippen molar-refractivity contribution in [1.82, 2.24) is 0 Å². The molecule has 0 aliphatic rings. The molecule has 15 heavy (non-hydrogen) atoms. The number of aryl methyl sites for hydroxylation is 2. The Labute approximate surface area is 87.1 Å². The van der Waals surface area contributed by atoms with Crippen LogP contribution in [0.1, 0.15) is 17.5 Å². The van der Waals surface area contributed by atoms with Gasteiger partial charge in [-0.25, -0.2) is 0 Å². The van der Waals surface area contributed by atoms with E-state index in [1.807, 2.05) is 31.2 Å². The minimum absolute atomic E-state index is 0.0625. The standard InChI is InChI=1S/C11H14F3N/c1-8-3-2-4-9(7-8)5-6-10(15)11(12,13)14/h2-4,7,10H,5-6,15H2,1H3.